The van der Waals surface area contributed by atoms with Gasteiger partial charge in [0.25, 0.3) is 0 Å². The Morgan fingerprint density at radius 1 is 1.20 bits per heavy atom. The van der Waals surface area contributed by atoms with Crippen LogP contribution in [-0.2, 0) is 17.5 Å². The smallest absolute Gasteiger partial charge is 0.337 e. The number of nitrogens with two attached hydrogens (primary N) is 1. The first-order chi connectivity index (χ1) is 9.34. The molecule has 0 aliphatic heterocycles. The molecule has 0 atom stereocenters. The van der Waals surface area contributed by atoms with Gasteiger partial charge in [-0.25, -0.2) is 0 Å². The molecule has 114 valence electrons. The van der Waals surface area contributed by atoms with E-state index in [2.05, 4.69) is 0 Å². The van der Waals surface area contributed by atoms with Crippen molar-refractivity contribution in [3.8, 4) is 0 Å². The molecule has 0 radical (unpaired) electrons. The van der Waals surface area contributed by atoms with Gasteiger partial charge in [0.2, 0.25) is 5.91 Å². The second kappa shape index (κ2) is 8.58. The van der Waals surface area contributed by atoms with E-state index >= 15 is 0 Å². The van der Waals surface area contributed by atoms with Gasteiger partial charge >= 0.3 is 6.18 Å². The van der Waals surface area contributed by atoms with Crippen molar-refractivity contribution in [3.05, 3.63) is 35.4 Å². The molecule has 1 aromatic carbocycles. The van der Waals surface area contributed by atoms with Crippen LogP contribution in [0.25, 0.3) is 0 Å². The quantitative estimate of drug-likeness (QED) is 0.926. The second-order valence-corrected chi connectivity index (χ2v) is 3.92. The molecule has 2 N–H and O–H groups in total. The molecule has 3 nitrogen and oxygen atoms in total. The summed E-state index contributed by atoms with van der Waals surface area (Å²) in [7, 11) is 0. The van der Waals surface area contributed by atoms with Crippen LogP contribution in [0.1, 0.15) is 31.9 Å². The minimum absolute atomic E-state index is 0.152. The van der Waals surface area contributed by atoms with E-state index in [-0.39, 0.29) is 12.5 Å². The molecular weight excluding hydrogens is 269 g/mol. The molecule has 1 aromatic rings. The Morgan fingerprint density at radius 3 is 2.05 bits per heavy atom. The molecule has 0 aromatic heterocycles. The second-order valence-electron chi connectivity index (χ2n) is 3.92. The molecule has 1 rings (SSSR count). The number of carbonyl (C=O) groups is 1. The first kappa shape index (κ1) is 18.4. The normalized spacial score (nSPS) is 10.6. The fourth-order valence-electron chi connectivity index (χ4n) is 1.52. The summed E-state index contributed by atoms with van der Waals surface area (Å²) in [5, 5.41) is 0. The van der Waals surface area contributed by atoms with E-state index in [0.717, 1.165) is 12.1 Å². The number of benzene rings is 1. The zero-order valence-electron chi connectivity index (χ0n) is 12.0. The molecule has 1 amide bonds. The Morgan fingerprint density at radius 2 is 1.70 bits per heavy atom. The number of hydrogen-bond acceptors (Lipinski definition) is 2. The lowest BCUT2D eigenvalue weighted by atomic mass is 10.1. The third-order valence-electron chi connectivity index (χ3n) is 2.50. The molecule has 0 heterocycles. The number of amides is 1. The number of alkyl halides is 3. The molecule has 0 saturated carbocycles. The topological polar surface area (TPSA) is 46.3 Å². The van der Waals surface area contributed by atoms with Crippen LogP contribution in [0.3, 0.4) is 0 Å². The minimum atomic E-state index is -4.34. The summed E-state index contributed by atoms with van der Waals surface area (Å²) in [6.45, 7) is 6.38. The molecule has 0 aliphatic rings. The lowest BCUT2D eigenvalue weighted by Gasteiger charge is -2.20. The Hall–Kier alpha value is -1.56. The Labute approximate surface area is 117 Å². The molecule has 6 heteroatoms. The largest absolute Gasteiger partial charge is 0.416 e. The molecular formula is C14H21F3N2O. The molecule has 20 heavy (non-hydrogen) atoms. The average molecular weight is 290 g/mol. The van der Waals surface area contributed by atoms with Gasteiger partial charge in [-0.2, -0.15) is 13.2 Å². The summed E-state index contributed by atoms with van der Waals surface area (Å²) in [5.41, 5.74) is 5.31. The predicted molar refractivity (Wildman–Crippen MR) is 72.9 cm³/mol. The number of nitrogens with zero attached hydrogens (tertiary/aromatic N) is 1. The van der Waals surface area contributed by atoms with Crippen molar-refractivity contribution in [3.63, 3.8) is 0 Å². The number of carbonyl (C=O) groups excluding carboxylic acids is 1. The van der Waals surface area contributed by atoms with Crippen LogP contribution >= 0.6 is 0 Å². The molecule has 0 fully saturated rings. The third-order valence-corrected chi connectivity index (χ3v) is 2.50. The van der Waals surface area contributed by atoms with Gasteiger partial charge in [-0.1, -0.05) is 26.0 Å². The van der Waals surface area contributed by atoms with Gasteiger partial charge in [0.1, 0.15) is 0 Å². The summed E-state index contributed by atoms with van der Waals surface area (Å²) in [6, 6.07) is 4.76. The lowest BCUT2D eigenvalue weighted by molar-refractivity contribution is -0.137. The fraction of sp³-hybridized carbons (Fsp3) is 0.500. The van der Waals surface area contributed by atoms with Gasteiger partial charge in [-0.3, -0.25) is 4.79 Å². The Bertz CT molecular complexity index is 402. The highest BCUT2D eigenvalue weighted by Gasteiger charge is 2.29. The molecule has 0 aliphatic carbocycles. The van der Waals surface area contributed by atoms with Gasteiger partial charge in [-0.05, 0) is 17.7 Å². The van der Waals surface area contributed by atoms with Crippen molar-refractivity contribution >= 4 is 5.91 Å². The minimum Gasteiger partial charge on any atom is -0.337 e. The first-order valence-electron chi connectivity index (χ1n) is 6.46. The van der Waals surface area contributed by atoms with Gasteiger partial charge in [-0.15, -0.1) is 0 Å². The van der Waals surface area contributed by atoms with Crippen LogP contribution in [0.15, 0.2) is 24.3 Å². The number of rotatable bonds is 4. The highest BCUT2D eigenvalue weighted by atomic mass is 19.4. The van der Waals surface area contributed by atoms with Crippen LogP contribution in [0.2, 0.25) is 0 Å². The van der Waals surface area contributed by atoms with E-state index in [1.54, 1.807) is 0 Å². The number of halogens is 3. The summed E-state index contributed by atoms with van der Waals surface area (Å²) in [4.78, 5) is 12.7. The molecule has 0 unspecified atom stereocenters. The number of hydrogen-bond donors (Lipinski definition) is 1. The zero-order chi connectivity index (χ0) is 15.8. The van der Waals surface area contributed by atoms with E-state index < -0.39 is 11.7 Å². The highest BCUT2D eigenvalue weighted by molar-refractivity contribution is 5.73. The van der Waals surface area contributed by atoms with Crippen molar-refractivity contribution in [2.45, 2.75) is 33.5 Å². The summed E-state index contributed by atoms with van der Waals surface area (Å²) in [6.07, 6.45) is -4.34. The average Bonchev–Trinajstić information content (AvgIpc) is 2.40. The third kappa shape index (κ3) is 6.06. The summed E-state index contributed by atoms with van der Waals surface area (Å²) < 4.78 is 37.1. The van der Waals surface area contributed by atoms with Crippen LogP contribution in [-0.4, -0.2) is 23.9 Å². The van der Waals surface area contributed by atoms with Crippen molar-refractivity contribution < 1.29 is 18.0 Å². The van der Waals surface area contributed by atoms with Crippen molar-refractivity contribution in [1.29, 1.82) is 0 Å². The zero-order valence-corrected chi connectivity index (χ0v) is 12.0. The Kier molecular flexibility index (Phi) is 7.91. The van der Waals surface area contributed by atoms with Crippen LogP contribution in [0.5, 0.6) is 0 Å². The maximum Gasteiger partial charge on any atom is 0.416 e. The maximum atomic E-state index is 12.4. The first-order valence-corrected chi connectivity index (χ1v) is 6.46. The maximum absolute atomic E-state index is 12.4. The van der Waals surface area contributed by atoms with Crippen LogP contribution < -0.4 is 5.73 Å². The highest BCUT2D eigenvalue weighted by Crippen LogP contribution is 2.29. The molecule has 0 bridgehead atoms. The van der Waals surface area contributed by atoms with E-state index in [0.29, 0.717) is 18.7 Å². The lowest BCUT2D eigenvalue weighted by Crippen LogP contribution is -2.33. The monoisotopic (exact) mass is 290 g/mol. The van der Waals surface area contributed by atoms with Crippen molar-refractivity contribution in [2.75, 3.05) is 13.1 Å². The van der Waals surface area contributed by atoms with E-state index in [4.69, 9.17) is 5.73 Å². The predicted octanol–water partition coefficient (Wildman–Crippen LogP) is 3.04. The van der Waals surface area contributed by atoms with Crippen molar-refractivity contribution in [1.82, 2.24) is 4.90 Å². The Balaban J connectivity index is 0.00000172. The standard InChI is InChI=1S/C12H15F3N2O.C2H6/c1-9(18)17(7-6-16)8-10-2-4-11(5-3-10)12(13,14)15;1-2/h2-5H,6-8,16H2,1H3;1-2H3. The van der Waals surface area contributed by atoms with E-state index in [1.807, 2.05) is 13.8 Å². The van der Waals surface area contributed by atoms with E-state index in [9.17, 15) is 18.0 Å². The molecule has 0 spiro atoms. The molecule has 0 saturated heterocycles. The SMILES string of the molecule is CC.CC(=O)N(CCN)Cc1ccc(C(F)(F)F)cc1. The van der Waals surface area contributed by atoms with Gasteiger partial charge < -0.3 is 10.6 Å². The van der Waals surface area contributed by atoms with Gasteiger partial charge in [0, 0.05) is 26.6 Å². The van der Waals surface area contributed by atoms with Gasteiger partial charge in [0.15, 0.2) is 0 Å². The van der Waals surface area contributed by atoms with Gasteiger partial charge in [0.05, 0.1) is 5.56 Å². The van der Waals surface area contributed by atoms with Crippen molar-refractivity contribution in [2.24, 2.45) is 5.73 Å². The van der Waals surface area contributed by atoms with Crippen LogP contribution in [0, 0.1) is 0 Å². The summed E-state index contributed by atoms with van der Waals surface area (Å²) in [5.74, 6) is -0.152. The fourth-order valence-corrected chi connectivity index (χ4v) is 1.52. The van der Waals surface area contributed by atoms with Crippen LogP contribution in [0.4, 0.5) is 13.2 Å². The summed E-state index contributed by atoms with van der Waals surface area (Å²) >= 11 is 0. The van der Waals surface area contributed by atoms with E-state index in [1.165, 1.54) is 24.0 Å².